The van der Waals surface area contributed by atoms with Crippen LogP contribution < -0.4 is 9.46 Å². The van der Waals surface area contributed by atoms with E-state index in [4.69, 9.17) is 4.74 Å². The van der Waals surface area contributed by atoms with Gasteiger partial charge in [-0.25, -0.2) is 8.42 Å². The molecule has 0 unspecified atom stereocenters. The van der Waals surface area contributed by atoms with E-state index in [9.17, 15) is 21.6 Å². The van der Waals surface area contributed by atoms with Gasteiger partial charge in [0.25, 0.3) is 10.0 Å². The number of ether oxygens (including phenoxy) is 1. The van der Waals surface area contributed by atoms with Crippen LogP contribution in [0, 0.1) is 0 Å². The first-order chi connectivity index (χ1) is 11.7. The molecule has 0 fully saturated rings. The lowest BCUT2D eigenvalue weighted by atomic mass is 10.1. The fraction of sp³-hybridized carbons (Fsp3) is 0.294. The third kappa shape index (κ3) is 4.25. The maximum atomic E-state index is 12.6. The molecule has 25 heavy (non-hydrogen) atoms. The highest BCUT2D eigenvalue weighted by Gasteiger charge is 2.29. The number of sulfonamides is 1. The number of halogens is 3. The van der Waals surface area contributed by atoms with Crippen molar-refractivity contribution in [2.45, 2.75) is 30.3 Å². The minimum absolute atomic E-state index is 0.0350. The Morgan fingerprint density at radius 3 is 2.52 bits per heavy atom. The molecule has 0 saturated heterocycles. The Labute approximate surface area is 143 Å². The summed E-state index contributed by atoms with van der Waals surface area (Å²) in [7, 11) is -3.92. The van der Waals surface area contributed by atoms with Crippen molar-refractivity contribution in [3.63, 3.8) is 0 Å². The lowest BCUT2D eigenvalue weighted by Crippen LogP contribution is -2.20. The number of para-hydroxylation sites is 2. The van der Waals surface area contributed by atoms with Crippen LogP contribution in [0.5, 0.6) is 5.75 Å². The zero-order valence-corrected chi connectivity index (χ0v) is 14.0. The summed E-state index contributed by atoms with van der Waals surface area (Å²) in [5.74, 6) is -0.176. The van der Waals surface area contributed by atoms with E-state index in [1.54, 1.807) is 12.1 Å². The maximum absolute atomic E-state index is 12.6. The van der Waals surface area contributed by atoms with Gasteiger partial charge in [-0.3, -0.25) is 4.72 Å². The Hall–Kier alpha value is -2.22. The highest BCUT2D eigenvalue weighted by atomic mass is 32.2. The fourth-order valence-electron chi connectivity index (χ4n) is 2.76. The van der Waals surface area contributed by atoms with Crippen LogP contribution in [0.25, 0.3) is 0 Å². The molecule has 1 N–H and O–H groups in total. The van der Waals surface area contributed by atoms with Gasteiger partial charge in [-0.2, -0.15) is 13.2 Å². The van der Waals surface area contributed by atoms with Gasteiger partial charge < -0.3 is 4.74 Å². The van der Waals surface area contributed by atoms with Crippen LogP contribution in [0.3, 0.4) is 0 Å². The van der Waals surface area contributed by atoms with Gasteiger partial charge in [0, 0.05) is 0 Å². The van der Waals surface area contributed by atoms with Crippen molar-refractivity contribution in [1.29, 1.82) is 0 Å². The Balaban J connectivity index is 1.84. The van der Waals surface area contributed by atoms with Crippen molar-refractivity contribution in [2.75, 3.05) is 11.3 Å². The number of aryl methyl sites for hydroxylation is 2. The summed E-state index contributed by atoms with van der Waals surface area (Å²) in [6.45, 7) is -1.50. The monoisotopic (exact) mass is 371 g/mol. The molecule has 0 aromatic heterocycles. The van der Waals surface area contributed by atoms with Crippen molar-refractivity contribution >= 4 is 15.7 Å². The standard InChI is InChI=1S/C17H16F3NO3S/c18-17(19,20)11-24-16-7-2-1-6-15(16)21-25(22,23)14-9-8-12-4-3-5-13(12)10-14/h1-2,6-10,21H,3-5,11H2. The highest BCUT2D eigenvalue weighted by molar-refractivity contribution is 7.92. The zero-order valence-electron chi connectivity index (χ0n) is 13.1. The summed E-state index contributed by atoms with van der Waals surface area (Å²) in [5.41, 5.74) is 2.09. The number of benzene rings is 2. The number of hydrogen-bond acceptors (Lipinski definition) is 3. The first-order valence-electron chi connectivity index (χ1n) is 7.68. The Morgan fingerprint density at radius 2 is 1.76 bits per heavy atom. The summed E-state index contributed by atoms with van der Waals surface area (Å²) in [6.07, 6.45) is -1.77. The van der Waals surface area contributed by atoms with Crippen molar-refractivity contribution in [2.24, 2.45) is 0 Å². The molecule has 3 rings (SSSR count). The second kappa shape index (κ2) is 6.59. The molecule has 4 nitrogen and oxygen atoms in total. The molecule has 2 aromatic carbocycles. The van der Waals surface area contributed by atoms with E-state index in [-0.39, 0.29) is 16.3 Å². The number of rotatable bonds is 5. The summed E-state index contributed by atoms with van der Waals surface area (Å²) < 4.78 is 69.2. The molecule has 0 atom stereocenters. The van der Waals surface area contributed by atoms with Gasteiger partial charge in [0.05, 0.1) is 10.6 Å². The molecule has 0 amide bonds. The molecule has 0 aliphatic heterocycles. The number of nitrogens with one attached hydrogen (secondary N) is 1. The van der Waals surface area contributed by atoms with E-state index in [1.807, 2.05) is 0 Å². The van der Waals surface area contributed by atoms with Crippen LogP contribution in [-0.2, 0) is 22.9 Å². The normalized spacial score (nSPS) is 14.2. The Kier molecular flexibility index (Phi) is 4.64. The van der Waals surface area contributed by atoms with E-state index >= 15 is 0 Å². The predicted molar refractivity (Wildman–Crippen MR) is 87.3 cm³/mol. The molecule has 134 valence electrons. The van der Waals surface area contributed by atoms with E-state index in [1.165, 1.54) is 30.3 Å². The van der Waals surface area contributed by atoms with Gasteiger partial charge in [-0.15, -0.1) is 0 Å². The molecule has 0 radical (unpaired) electrons. The smallest absolute Gasteiger partial charge is 0.422 e. The van der Waals surface area contributed by atoms with Crippen molar-refractivity contribution in [1.82, 2.24) is 0 Å². The SMILES string of the molecule is O=S(=O)(Nc1ccccc1OCC(F)(F)F)c1ccc2c(c1)CCC2. The molecule has 0 bridgehead atoms. The predicted octanol–water partition coefficient (Wildman–Crippen LogP) is 3.92. The molecule has 8 heteroatoms. The largest absolute Gasteiger partial charge is 0.482 e. The minimum atomic E-state index is -4.51. The Morgan fingerprint density at radius 1 is 1.04 bits per heavy atom. The zero-order chi connectivity index (χ0) is 18.1. The molecule has 0 spiro atoms. The van der Waals surface area contributed by atoms with Crippen molar-refractivity contribution in [3.05, 3.63) is 53.6 Å². The topological polar surface area (TPSA) is 55.4 Å². The second-order valence-corrected chi connectivity index (χ2v) is 7.47. The van der Waals surface area contributed by atoms with Crippen LogP contribution in [0.4, 0.5) is 18.9 Å². The second-order valence-electron chi connectivity index (χ2n) is 5.79. The van der Waals surface area contributed by atoms with Gasteiger partial charge >= 0.3 is 6.18 Å². The van der Waals surface area contributed by atoms with Gasteiger partial charge in [0.1, 0.15) is 5.75 Å². The molecule has 2 aromatic rings. The molecule has 0 heterocycles. The highest BCUT2D eigenvalue weighted by Crippen LogP contribution is 2.30. The van der Waals surface area contributed by atoms with Crippen LogP contribution in [-0.4, -0.2) is 21.2 Å². The molecule has 1 aliphatic carbocycles. The van der Waals surface area contributed by atoms with E-state index in [0.717, 1.165) is 30.4 Å². The summed E-state index contributed by atoms with van der Waals surface area (Å²) in [4.78, 5) is 0.0822. The number of alkyl halides is 3. The minimum Gasteiger partial charge on any atom is -0.482 e. The maximum Gasteiger partial charge on any atom is 0.422 e. The third-order valence-corrected chi connectivity index (χ3v) is 5.27. The van der Waals surface area contributed by atoms with Crippen molar-refractivity contribution in [3.8, 4) is 5.75 Å². The number of fused-ring (bicyclic) bond motifs is 1. The van der Waals surface area contributed by atoms with Crippen LogP contribution >= 0.6 is 0 Å². The van der Waals surface area contributed by atoms with Gasteiger partial charge in [0.15, 0.2) is 6.61 Å². The Bertz CT molecular complexity index is 879. The fourth-order valence-corrected chi connectivity index (χ4v) is 3.88. The van der Waals surface area contributed by atoms with Crippen LogP contribution in [0.1, 0.15) is 17.5 Å². The van der Waals surface area contributed by atoms with Gasteiger partial charge in [-0.1, -0.05) is 18.2 Å². The summed E-state index contributed by atoms with van der Waals surface area (Å²) >= 11 is 0. The van der Waals surface area contributed by atoms with E-state index in [0.29, 0.717) is 0 Å². The third-order valence-electron chi connectivity index (χ3n) is 3.90. The number of anilines is 1. The van der Waals surface area contributed by atoms with E-state index < -0.39 is 22.8 Å². The average molecular weight is 371 g/mol. The molecule has 1 aliphatic rings. The summed E-state index contributed by atoms with van der Waals surface area (Å²) in [5, 5.41) is 0. The first-order valence-corrected chi connectivity index (χ1v) is 9.16. The lowest BCUT2D eigenvalue weighted by Gasteiger charge is -2.15. The van der Waals surface area contributed by atoms with Crippen LogP contribution in [0.2, 0.25) is 0 Å². The van der Waals surface area contributed by atoms with Gasteiger partial charge in [0.2, 0.25) is 0 Å². The quantitative estimate of drug-likeness (QED) is 0.867. The lowest BCUT2D eigenvalue weighted by molar-refractivity contribution is -0.153. The first kappa shape index (κ1) is 17.6. The molecule has 0 saturated carbocycles. The van der Waals surface area contributed by atoms with E-state index in [2.05, 4.69) is 4.72 Å². The molecular weight excluding hydrogens is 355 g/mol. The van der Waals surface area contributed by atoms with Gasteiger partial charge in [-0.05, 0) is 54.7 Å². The summed E-state index contributed by atoms with van der Waals surface area (Å²) in [6, 6.07) is 10.5. The molecular formula is C17H16F3NO3S. The number of hydrogen-bond donors (Lipinski definition) is 1. The average Bonchev–Trinajstić information content (AvgIpc) is 3.00. The van der Waals surface area contributed by atoms with Crippen LogP contribution in [0.15, 0.2) is 47.4 Å². The van der Waals surface area contributed by atoms with Crippen molar-refractivity contribution < 1.29 is 26.3 Å².